The Morgan fingerprint density at radius 1 is 1.00 bits per heavy atom. The third kappa shape index (κ3) is 3.83. The second-order valence-electron chi connectivity index (χ2n) is 6.01. The summed E-state index contributed by atoms with van der Waals surface area (Å²) in [4.78, 5) is 12.6. The lowest BCUT2D eigenvalue weighted by Gasteiger charge is -2.14. The number of hydrogen-bond donors (Lipinski definition) is 1. The maximum atomic E-state index is 12.4. The normalized spacial score (nSPS) is 11.8. The highest BCUT2D eigenvalue weighted by atomic mass is 32.2. The summed E-state index contributed by atoms with van der Waals surface area (Å²) in [6.07, 6.45) is 0. The van der Waals surface area contributed by atoms with Gasteiger partial charge in [0.25, 0.3) is 5.91 Å². The average Bonchev–Trinajstić information content (AvgIpc) is 2.55. The van der Waals surface area contributed by atoms with Crippen LogP contribution < -0.4 is 5.32 Å². The summed E-state index contributed by atoms with van der Waals surface area (Å²) in [5.41, 5.74) is 2.23. The quantitative estimate of drug-likeness (QED) is 0.903. The number of amides is 1. The van der Waals surface area contributed by atoms with Crippen LogP contribution in [0.4, 0.5) is 5.69 Å². The first kappa shape index (κ1) is 18.2. The molecule has 6 heteroatoms. The zero-order chi connectivity index (χ0) is 17.9. The Kier molecular flexibility index (Phi) is 5.41. The third-order valence-electron chi connectivity index (χ3n) is 3.73. The predicted molar refractivity (Wildman–Crippen MR) is 95.8 cm³/mol. The Hall–Kier alpha value is -2.18. The summed E-state index contributed by atoms with van der Waals surface area (Å²) in [6, 6.07) is 13.6. The van der Waals surface area contributed by atoms with Crippen LogP contribution in [0.5, 0.6) is 0 Å². The van der Waals surface area contributed by atoms with Gasteiger partial charge in [0.2, 0.25) is 10.0 Å². The number of nitrogens with one attached hydrogen (secondary N) is 1. The molecule has 24 heavy (non-hydrogen) atoms. The molecular weight excluding hydrogens is 324 g/mol. The van der Waals surface area contributed by atoms with E-state index in [1.807, 2.05) is 24.3 Å². The summed E-state index contributed by atoms with van der Waals surface area (Å²) in [7, 11) is -0.553. The molecule has 0 aliphatic heterocycles. The van der Waals surface area contributed by atoms with E-state index in [2.05, 4.69) is 19.2 Å². The molecule has 0 aliphatic carbocycles. The molecule has 0 spiro atoms. The van der Waals surface area contributed by atoms with Crippen molar-refractivity contribution < 1.29 is 13.2 Å². The maximum Gasteiger partial charge on any atom is 0.255 e. The molecule has 0 saturated heterocycles. The number of nitrogens with zero attached hydrogens (tertiary/aromatic N) is 1. The Labute approximate surface area is 143 Å². The van der Waals surface area contributed by atoms with E-state index in [0.717, 1.165) is 15.6 Å². The number of rotatable bonds is 5. The van der Waals surface area contributed by atoms with Gasteiger partial charge in [0.15, 0.2) is 0 Å². The van der Waals surface area contributed by atoms with Crippen molar-refractivity contribution in [3.63, 3.8) is 0 Å². The Bertz CT molecular complexity index is 826. The van der Waals surface area contributed by atoms with Crippen molar-refractivity contribution in [1.29, 1.82) is 0 Å². The van der Waals surface area contributed by atoms with Crippen LogP contribution in [0.3, 0.4) is 0 Å². The summed E-state index contributed by atoms with van der Waals surface area (Å²) in [6.45, 7) is 4.12. The van der Waals surface area contributed by atoms with Gasteiger partial charge in [0.1, 0.15) is 0 Å². The van der Waals surface area contributed by atoms with E-state index in [1.54, 1.807) is 0 Å². The summed E-state index contributed by atoms with van der Waals surface area (Å²) >= 11 is 0. The van der Waals surface area contributed by atoms with Crippen molar-refractivity contribution >= 4 is 21.6 Å². The summed E-state index contributed by atoms with van der Waals surface area (Å²) < 4.78 is 25.2. The van der Waals surface area contributed by atoms with E-state index in [9.17, 15) is 13.2 Å². The van der Waals surface area contributed by atoms with Gasteiger partial charge < -0.3 is 5.32 Å². The maximum absolute atomic E-state index is 12.4. The van der Waals surface area contributed by atoms with Crippen LogP contribution in [0.15, 0.2) is 53.4 Å². The molecule has 0 radical (unpaired) electrons. The minimum absolute atomic E-state index is 0.159. The summed E-state index contributed by atoms with van der Waals surface area (Å²) in [5, 5.41) is 2.89. The number of para-hydroxylation sites is 1. The van der Waals surface area contributed by atoms with Gasteiger partial charge in [-0.25, -0.2) is 12.7 Å². The van der Waals surface area contributed by atoms with Crippen molar-refractivity contribution in [2.75, 3.05) is 19.4 Å². The third-order valence-corrected chi connectivity index (χ3v) is 5.56. The van der Waals surface area contributed by atoms with Gasteiger partial charge in [0, 0.05) is 25.3 Å². The highest BCUT2D eigenvalue weighted by molar-refractivity contribution is 7.89. The fraction of sp³-hybridized carbons (Fsp3) is 0.278. The molecule has 0 bridgehead atoms. The smallest absolute Gasteiger partial charge is 0.255 e. The van der Waals surface area contributed by atoms with E-state index in [4.69, 9.17) is 0 Å². The number of carbonyl (C=O) groups is 1. The molecule has 128 valence electrons. The zero-order valence-electron chi connectivity index (χ0n) is 14.3. The fourth-order valence-electron chi connectivity index (χ4n) is 2.30. The van der Waals surface area contributed by atoms with E-state index >= 15 is 0 Å². The Morgan fingerprint density at radius 2 is 1.58 bits per heavy atom. The monoisotopic (exact) mass is 346 g/mol. The van der Waals surface area contributed by atoms with Crippen LogP contribution in [0, 0.1) is 0 Å². The molecule has 0 heterocycles. The lowest BCUT2D eigenvalue weighted by Crippen LogP contribution is -2.22. The molecule has 2 rings (SSSR count). The Balaban J connectivity index is 2.23. The average molecular weight is 346 g/mol. The number of carbonyl (C=O) groups excluding carboxylic acids is 1. The number of benzene rings is 2. The molecule has 2 aromatic carbocycles. The predicted octanol–water partition coefficient (Wildman–Crippen LogP) is 3.31. The van der Waals surface area contributed by atoms with Gasteiger partial charge in [-0.05, 0) is 41.8 Å². The van der Waals surface area contributed by atoms with Crippen molar-refractivity contribution in [1.82, 2.24) is 4.31 Å². The van der Waals surface area contributed by atoms with Gasteiger partial charge in [-0.3, -0.25) is 4.79 Å². The molecule has 0 fully saturated rings. The van der Waals surface area contributed by atoms with Crippen LogP contribution in [-0.4, -0.2) is 32.7 Å². The van der Waals surface area contributed by atoms with E-state index in [-0.39, 0.29) is 16.7 Å². The van der Waals surface area contributed by atoms with Crippen LogP contribution in [0.25, 0.3) is 0 Å². The first-order chi connectivity index (χ1) is 11.2. The highest BCUT2D eigenvalue weighted by Gasteiger charge is 2.18. The number of sulfonamides is 1. The standard InChI is InChI=1S/C18H22N2O3S/c1-13(2)16-7-5-6-8-17(16)19-18(21)14-9-11-15(12-10-14)24(22,23)20(3)4/h5-13H,1-4H3,(H,19,21). The van der Waals surface area contributed by atoms with Crippen LogP contribution in [-0.2, 0) is 10.0 Å². The van der Waals surface area contributed by atoms with E-state index < -0.39 is 10.0 Å². The van der Waals surface area contributed by atoms with Crippen molar-refractivity contribution in [3.05, 3.63) is 59.7 Å². The molecule has 1 N–H and O–H groups in total. The number of anilines is 1. The molecule has 0 unspecified atom stereocenters. The first-order valence-electron chi connectivity index (χ1n) is 7.66. The van der Waals surface area contributed by atoms with Gasteiger partial charge in [-0.1, -0.05) is 32.0 Å². The SMILES string of the molecule is CC(C)c1ccccc1NC(=O)c1ccc(S(=O)(=O)N(C)C)cc1. The van der Waals surface area contributed by atoms with E-state index in [0.29, 0.717) is 5.56 Å². The molecule has 0 aliphatic rings. The van der Waals surface area contributed by atoms with Gasteiger partial charge in [-0.2, -0.15) is 0 Å². The minimum atomic E-state index is -3.49. The van der Waals surface area contributed by atoms with Crippen molar-refractivity contribution in [2.24, 2.45) is 0 Å². The molecular formula is C18H22N2O3S. The second kappa shape index (κ2) is 7.15. The van der Waals surface area contributed by atoms with E-state index in [1.165, 1.54) is 38.4 Å². The lowest BCUT2D eigenvalue weighted by molar-refractivity contribution is 0.102. The molecule has 0 saturated carbocycles. The minimum Gasteiger partial charge on any atom is -0.322 e. The fourth-order valence-corrected chi connectivity index (χ4v) is 3.20. The number of hydrogen-bond acceptors (Lipinski definition) is 3. The molecule has 0 atom stereocenters. The van der Waals surface area contributed by atoms with Crippen LogP contribution >= 0.6 is 0 Å². The topological polar surface area (TPSA) is 66.5 Å². The molecule has 0 aromatic heterocycles. The molecule has 5 nitrogen and oxygen atoms in total. The van der Waals surface area contributed by atoms with Gasteiger partial charge in [-0.15, -0.1) is 0 Å². The van der Waals surface area contributed by atoms with Gasteiger partial charge in [0.05, 0.1) is 4.90 Å². The van der Waals surface area contributed by atoms with Gasteiger partial charge >= 0.3 is 0 Å². The Morgan fingerprint density at radius 3 is 2.12 bits per heavy atom. The molecule has 2 aromatic rings. The second-order valence-corrected chi connectivity index (χ2v) is 8.16. The van der Waals surface area contributed by atoms with Crippen LogP contribution in [0.2, 0.25) is 0 Å². The zero-order valence-corrected chi connectivity index (χ0v) is 15.1. The van der Waals surface area contributed by atoms with Crippen molar-refractivity contribution in [3.8, 4) is 0 Å². The lowest BCUT2D eigenvalue weighted by atomic mass is 10.0. The van der Waals surface area contributed by atoms with Crippen molar-refractivity contribution in [2.45, 2.75) is 24.7 Å². The largest absolute Gasteiger partial charge is 0.322 e. The van der Waals surface area contributed by atoms with Crippen LogP contribution in [0.1, 0.15) is 35.7 Å². The highest BCUT2D eigenvalue weighted by Crippen LogP contribution is 2.24. The summed E-state index contributed by atoms with van der Waals surface area (Å²) in [5.74, 6) is 0.0195. The molecule has 1 amide bonds. The first-order valence-corrected chi connectivity index (χ1v) is 9.10.